The summed E-state index contributed by atoms with van der Waals surface area (Å²) in [5.74, 6) is -0.486. The third-order valence-electron chi connectivity index (χ3n) is 6.74. The molecular weight excluding hydrogens is 453 g/mol. The molecule has 180 valence electrons. The summed E-state index contributed by atoms with van der Waals surface area (Å²) < 4.78 is 41.8. The summed E-state index contributed by atoms with van der Waals surface area (Å²) in [5.41, 5.74) is 0. The highest BCUT2D eigenvalue weighted by Crippen LogP contribution is 2.34. The quantitative estimate of drug-likeness (QED) is 0.608. The molecule has 6 nitrogen and oxygen atoms in total. The van der Waals surface area contributed by atoms with Crippen LogP contribution in [0, 0.1) is 11.7 Å². The van der Waals surface area contributed by atoms with Crippen molar-refractivity contribution < 1.29 is 17.6 Å². The number of hydrogen-bond acceptors (Lipinski definition) is 4. The van der Waals surface area contributed by atoms with Gasteiger partial charge in [0.1, 0.15) is 5.82 Å². The lowest BCUT2D eigenvalue weighted by atomic mass is 9.84. The molecule has 0 atom stereocenters. The highest BCUT2D eigenvalue weighted by Gasteiger charge is 2.38. The number of sulfonamides is 1. The number of halogens is 2. The van der Waals surface area contributed by atoms with Crippen molar-refractivity contribution in [3.8, 4) is 0 Å². The van der Waals surface area contributed by atoms with Crippen LogP contribution in [-0.4, -0.2) is 72.7 Å². The van der Waals surface area contributed by atoms with Gasteiger partial charge in [0.2, 0.25) is 15.9 Å². The van der Waals surface area contributed by atoms with E-state index >= 15 is 0 Å². The minimum Gasteiger partial charge on any atom is -0.340 e. The minimum atomic E-state index is -3.83. The van der Waals surface area contributed by atoms with Gasteiger partial charge in [0, 0.05) is 50.2 Å². The third kappa shape index (κ3) is 5.46. The molecule has 1 saturated heterocycles. The Balaban J connectivity index is 1.65. The Morgan fingerprint density at radius 3 is 2.16 bits per heavy atom. The molecule has 32 heavy (non-hydrogen) atoms. The Labute approximate surface area is 196 Å². The van der Waals surface area contributed by atoms with E-state index < -0.39 is 15.8 Å². The predicted octanol–water partition coefficient (Wildman–Crippen LogP) is 3.99. The molecule has 0 radical (unpaired) electrons. The number of piperazine rings is 1. The first-order valence-electron chi connectivity index (χ1n) is 11.5. The number of benzene rings is 1. The van der Waals surface area contributed by atoms with Crippen molar-refractivity contribution >= 4 is 27.5 Å². The van der Waals surface area contributed by atoms with Gasteiger partial charge in [0.05, 0.1) is 9.92 Å². The van der Waals surface area contributed by atoms with E-state index in [9.17, 15) is 17.6 Å². The van der Waals surface area contributed by atoms with Crippen LogP contribution in [0.15, 0.2) is 23.1 Å². The predicted molar refractivity (Wildman–Crippen MR) is 125 cm³/mol. The Bertz CT molecular complexity index is 909. The number of hydrogen-bond donors (Lipinski definition) is 0. The number of amides is 1. The van der Waals surface area contributed by atoms with Crippen LogP contribution in [0.2, 0.25) is 5.02 Å². The van der Waals surface area contributed by atoms with Crippen LogP contribution in [0.3, 0.4) is 0 Å². The molecule has 3 rings (SSSR count). The second-order valence-electron chi connectivity index (χ2n) is 9.47. The molecule has 1 aliphatic heterocycles. The van der Waals surface area contributed by atoms with Crippen molar-refractivity contribution in [2.24, 2.45) is 5.92 Å². The fourth-order valence-electron chi connectivity index (χ4n) is 4.95. The van der Waals surface area contributed by atoms with Gasteiger partial charge in [0.25, 0.3) is 0 Å². The van der Waals surface area contributed by atoms with Crippen molar-refractivity contribution in [2.45, 2.75) is 76.4 Å². The van der Waals surface area contributed by atoms with Crippen LogP contribution in [0.25, 0.3) is 0 Å². The van der Waals surface area contributed by atoms with Gasteiger partial charge in [-0.3, -0.25) is 9.69 Å². The molecule has 0 unspecified atom stereocenters. The summed E-state index contributed by atoms with van der Waals surface area (Å²) in [6.07, 6.45) is 2.62. The van der Waals surface area contributed by atoms with Crippen LogP contribution in [-0.2, 0) is 14.8 Å². The van der Waals surface area contributed by atoms with E-state index in [0.29, 0.717) is 31.7 Å². The van der Waals surface area contributed by atoms with Crippen molar-refractivity contribution in [1.82, 2.24) is 14.1 Å². The SMILES string of the molecule is CC(C)N1CCN(C(=O)[C@H]2CC[C@H](N(C(C)C)S(=O)(=O)c3ccc(F)c(Cl)c3)CC2)CC1. The molecule has 9 heteroatoms. The van der Waals surface area contributed by atoms with E-state index in [1.54, 1.807) is 0 Å². The normalized spacial score (nSPS) is 23.3. The number of rotatable bonds is 6. The molecule has 1 aliphatic carbocycles. The highest BCUT2D eigenvalue weighted by molar-refractivity contribution is 7.89. The summed E-state index contributed by atoms with van der Waals surface area (Å²) >= 11 is 5.84. The standard InChI is InChI=1S/C23H35ClFN3O3S/c1-16(2)26-11-13-27(14-12-26)23(29)18-5-7-19(8-6-18)28(17(3)4)32(30,31)20-9-10-22(25)21(24)15-20/h9-10,15-19H,5-8,11-14H2,1-4H3/t18-,19-. The zero-order valence-electron chi connectivity index (χ0n) is 19.4. The first-order chi connectivity index (χ1) is 15.0. The highest BCUT2D eigenvalue weighted by atomic mass is 35.5. The number of carbonyl (C=O) groups excluding carboxylic acids is 1. The molecule has 0 bridgehead atoms. The Morgan fingerprint density at radius 1 is 1.06 bits per heavy atom. The van der Waals surface area contributed by atoms with E-state index in [1.807, 2.05) is 18.7 Å². The van der Waals surface area contributed by atoms with Crippen molar-refractivity contribution in [2.75, 3.05) is 26.2 Å². The van der Waals surface area contributed by atoms with Crippen LogP contribution >= 0.6 is 11.6 Å². The van der Waals surface area contributed by atoms with E-state index in [4.69, 9.17) is 11.6 Å². The van der Waals surface area contributed by atoms with Gasteiger partial charge in [-0.15, -0.1) is 0 Å². The maximum Gasteiger partial charge on any atom is 0.243 e. The largest absolute Gasteiger partial charge is 0.340 e. The second kappa shape index (κ2) is 10.4. The number of nitrogens with zero attached hydrogens (tertiary/aromatic N) is 3. The molecule has 1 amide bonds. The topological polar surface area (TPSA) is 60.9 Å². The average molecular weight is 488 g/mol. The third-order valence-corrected chi connectivity index (χ3v) is 9.15. The maximum atomic E-state index is 13.6. The van der Waals surface area contributed by atoms with Crippen LogP contribution in [0.4, 0.5) is 4.39 Å². The first-order valence-corrected chi connectivity index (χ1v) is 13.4. The first kappa shape index (κ1) is 25.4. The zero-order valence-corrected chi connectivity index (χ0v) is 21.0. The van der Waals surface area contributed by atoms with Gasteiger partial charge in [-0.05, 0) is 71.6 Å². The summed E-state index contributed by atoms with van der Waals surface area (Å²) in [6, 6.07) is 3.56. The minimum absolute atomic E-state index is 0.00109. The second-order valence-corrected chi connectivity index (χ2v) is 11.7. The molecule has 1 heterocycles. The maximum absolute atomic E-state index is 13.6. The van der Waals surface area contributed by atoms with Gasteiger partial charge in [-0.1, -0.05) is 11.6 Å². The van der Waals surface area contributed by atoms with E-state index in [1.165, 1.54) is 16.4 Å². The van der Waals surface area contributed by atoms with Crippen molar-refractivity contribution in [3.05, 3.63) is 29.0 Å². The van der Waals surface area contributed by atoms with Crippen LogP contribution in [0.1, 0.15) is 53.4 Å². The lowest BCUT2D eigenvalue weighted by Crippen LogP contribution is -2.53. The zero-order chi connectivity index (χ0) is 23.6. The fourth-order valence-corrected chi connectivity index (χ4v) is 7.10. The van der Waals surface area contributed by atoms with E-state index in [2.05, 4.69) is 18.7 Å². The van der Waals surface area contributed by atoms with Gasteiger partial charge in [0.15, 0.2) is 0 Å². The van der Waals surface area contributed by atoms with E-state index in [0.717, 1.165) is 32.2 Å². The van der Waals surface area contributed by atoms with E-state index in [-0.39, 0.29) is 33.8 Å². The molecule has 2 aliphatic rings. The van der Waals surface area contributed by atoms with Crippen LogP contribution < -0.4 is 0 Å². The molecule has 0 spiro atoms. The molecular formula is C23H35ClFN3O3S. The van der Waals surface area contributed by atoms with Gasteiger partial charge < -0.3 is 4.90 Å². The lowest BCUT2D eigenvalue weighted by molar-refractivity contribution is -0.138. The Kier molecular flexibility index (Phi) is 8.23. The molecule has 1 aromatic rings. The Hall–Kier alpha value is -1.22. The van der Waals surface area contributed by atoms with Crippen molar-refractivity contribution in [3.63, 3.8) is 0 Å². The monoisotopic (exact) mass is 487 g/mol. The fraction of sp³-hybridized carbons (Fsp3) is 0.696. The van der Waals surface area contributed by atoms with Gasteiger partial charge in [-0.25, -0.2) is 12.8 Å². The summed E-state index contributed by atoms with van der Waals surface area (Å²) in [4.78, 5) is 17.4. The molecule has 0 aromatic heterocycles. The molecule has 0 N–H and O–H groups in total. The molecule has 2 fully saturated rings. The lowest BCUT2D eigenvalue weighted by Gasteiger charge is -2.41. The Morgan fingerprint density at radius 2 is 1.66 bits per heavy atom. The average Bonchev–Trinajstić information content (AvgIpc) is 2.75. The summed E-state index contributed by atoms with van der Waals surface area (Å²) in [6.45, 7) is 11.4. The van der Waals surface area contributed by atoms with Crippen molar-refractivity contribution in [1.29, 1.82) is 0 Å². The molecule has 1 saturated carbocycles. The summed E-state index contributed by atoms with van der Waals surface area (Å²) in [7, 11) is -3.83. The van der Waals surface area contributed by atoms with Gasteiger partial charge >= 0.3 is 0 Å². The molecule has 1 aromatic carbocycles. The van der Waals surface area contributed by atoms with Crippen LogP contribution in [0.5, 0.6) is 0 Å². The smallest absolute Gasteiger partial charge is 0.243 e. The number of carbonyl (C=O) groups is 1. The summed E-state index contributed by atoms with van der Waals surface area (Å²) in [5, 5.41) is -0.207. The van der Waals surface area contributed by atoms with Gasteiger partial charge in [-0.2, -0.15) is 4.31 Å².